The molecule has 1 aliphatic heterocycles. The van der Waals surface area contributed by atoms with Crippen LogP contribution in [-0.2, 0) is 0 Å². The van der Waals surface area contributed by atoms with Crippen molar-refractivity contribution >= 4 is 27.7 Å². The van der Waals surface area contributed by atoms with E-state index in [-0.39, 0.29) is 6.04 Å². The summed E-state index contributed by atoms with van der Waals surface area (Å²) in [6.07, 6.45) is 1.79. The van der Waals surface area contributed by atoms with E-state index < -0.39 is 0 Å². The highest BCUT2D eigenvalue weighted by Gasteiger charge is 2.15. The third kappa shape index (κ3) is 3.70. The van der Waals surface area contributed by atoms with E-state index in [1.54, 1.807) is 18.0 Å². The van der Waals surface area contributed by atoms with Crippen LogP contribution in [0.2, 0.25) is 0 Å². The summed E-state index contributed by atoms with van der Waals surface area (Å²) in [7, 11) is 0. The molecule has 2 aromatic rings. The van der Waals surface area contributed by atoms with Crippen LogP contribution in [0, 0.1) is 0 Å². The number of thioether (sulfide) groups is 1. The van der Waals surface area contributed by atoms with Crippen LogP contribution in [0.25, 0.3) is 0 Å². The second-order valence-electron chi connectivity index (χ2n) is 4.64. The van der Waals surface area contributed by atoms with Crippen molar-refractivity contribution in [2.45, 2.75) is 11.1 Å². The first-order chi connectivity index (χ1) is 10.2. The Morgan fingerprint density at radius 3 is 2.76 bits per heavy atom. The Kier molecular flexibility index (Phi) is 4.67. The number of halogens is 1. The van der Waals surface area contributed by atoms with E-state index in [2.05, 4.69) is 20.9 Å². The molecule has 0 aliphatic carbocycles. The molecule has 3 rings (SSSR count). The summed E-state index contributed by atoms with van der Waals surface area (Å²) in [6, 6.07) is 9.77. The Morgan fingerprint density at radius 2 is 2.00 bits per heavy atom. The van der Waals surface area contributed by atoms with Crippen molar-refractivity contribution in [2.24, 2.45) is 5.73 Å². The number of fused-ring (bicyclic) bond motifs is 1. The Hall–Kier alpha value is -1.24. The minimum absolute atomic E-state index is 0.0729. The van der Waals surface area contributed by atoms with Gasteiger partial charge in [0.1, 0.15) is 13.2 Å². The first-order valence-electron chi connectivity index (χ1n) is 6.62. The number of aromatic nitrogens is 1. The molecule has 1 aliphatic rings. The number of ether oxygens (including phenoxy) is 2. The summed E-state index contributed by atoms with van der Waals surface area (Å²) in [4.78, 5) is 4.33. The van der Waals surface area contributed by atoms with Crippen LogP contribution in [0.4, 0.5) is 0 Å². The number of nitrogens with zero attached hydrogens (tertiary/aromatic N) is 1. The summed E-state index contributed by atoms with van der Waals surface area (Å²) >= 11 is 5.02. The molecule has 0 amide bonds. The number of hydrogen-bond acceptors (Lipinski definition) is 5. The van der Waals surface area contributed by atoms with E-state index in [4.69, 9.17) is 15.2 Å². The van der Waals surface area contributed by atoms with Gasteiger partial charge in [0.25, 0.3) is 0 Å². The van der Waals surface area contributed by atoms with Crippen molar-refractivity contribution in [3.63, 3.8) is 0 Å². The van der Waals surface area contributed by atoms with Gasteiger partial charge in [0, 0.05) is 22.5 Å². The fourth-order valence-corrected chi connectivity index (χ4v) is 3.08. The van der Waals surface area contributed by atoms with Crippen molar-refractivity contribution < 1.29 is 9.47 Å². The lowest BCUT2D eigenvalue weighted by atomic mass is 10.1. The standard InChI is InChI=1S/C15H15BrN2O2S/c16-11-2-4-15(18-8-11)21-9-12(17)10-1-3-13-14(7-10)20-6-5-19-13/h1-4,7-8,12H,5-6,9,17H2. The van der Waals surface area contributed by atoms with Crippen molar-refractivity contribution in [3.05, 3.63) is 46.6 Å². The van der Waals surface area contributed by atoms with Crippen molar-refractivity contribution in [1.82, 2.24) is 4.98 Å². The molecule has 1 unspecified atom stereocenters. The lowest BCUT2D eigenvalue weighted by Gasteiger charge is -2.20. The van der Waals surface area contributed by atoms with Gasteiger partial charge < -0.3 is 15.2 Å². The molecule has 1 aromatic heterocycles. The predicted molar refractivity (Wildman–Crippen MR) is 87.0 cm³/mol. The Bertz CT molecular complexity index is 622. The molecule has 6 heteroatoms. The number of rotatable bonds is 4. The first kappa shape index (κ1) is 14.7. The minimum Gasteiger partial charge on any atom is -0.486 e. The number of benzene rings is 1. The lowest BCUT2D eigenvalue weighted by Crippen LogP contribution is -2.17. The first-order valence-corrected chi connectivity index (χ1v) is 8.40. The highest BCUT2D eigenvalue weighted by atomic mass is 79.9. The molecular weight excluding hydrogens is 352 g/mol. The van der Waals surface area contributed by atoms with Gasteiger partial charge in [-0.05, 0) is 45.8 Å². The maximum atomic E-state index is 6.25. The number of nitrogens with two attached hydrogens (primary N) is 1. The van der Waals surface area contributed by atoms with Gasteiger partial charge in [0.15, 0.2) is 11.5 Å². The van der Waals surface area contributed by atoms with Crippen molar-refractivity contribution in [2.75, 3.05) is 19.0 Å². The molecule has 0 spiro atoms. The van der Waals surface area contributed by atoms with Gasteiger partial charge in [-0.2, -0.15) is 0 Å². The molecule has 4 nitrogen and oxygen atoms in total. The average Bonchev–Trinajstić information content (AvgIpc) is 2.53. The van der Waals surface area contributed by atoms with Gasteiger partial charge >= 0.3 is 0 Å². The molecule has 2 N–H and O–H groups in total. The monoisotopic (exact) mass is 366 g/mol. The van der Waals surface area contributed by atoms with Crippen LogP contribution in [0.1, 0.15) is 11.6 Å². The third-order valence-corrected chi connectivity index (χ3v) is 4.64. The van der Waals surface area contributed by atoms with E-state index in [9.17, 15) is 0 Å². The molecule has 0 fully saturated rings. The molecular formula is C15H15BrN2O2S. The van der Waals surface area contributed by atoms with E-state index in [1.165, 1.54) is 0 Å². The highest BCUT2D eigenvalue weighted by molar-refractivity contribution is 9.10. The van der Waals surface area contributed by atoms with Crippen LogP contribution in [0.15, 0.2) is 46.0 Å². The number of pyridine rings is 1. The maximum absolute atomic E-state index is 6.25. The molecule has 2 heterocycles. The molecule has 21 heavy (non-hydrogen) atoms. The summed E-state index contributed by atoms with van der Waals surface area (Å²) in [6.45, 7) is 1.19. The molecule has 0 bridgehead atoms. The van der Waals surface area contributed by atoms with Gasteiger partial charge in [-0.3, -0.25) is 0 Å². The zero-order chi connectivity index (χ0) is 14.7. The lowest BCUT2D eigenvalue weighted by molar-refractivity contribution is 0.171. The summed E-state index contributed by atoms with van der Waals surface area (Å²) in [5, 5.41) is 0.964. The Morgan fingerprint density at radius 1 is 1.19 bits per heavy atom. The summed E-state index contributed by atoms with van der Waals surface area (Å²) in [5.41, 5.74) is 7.30. The number of hydrogen-bond donors (Lipinski definition) is 1. The Balaban J connectivity index is 1.65. The second-order valence-corrected chi connectivity index (χ2v) is 6.59. The Labute approximate surface area is 136 Å². The van der Waals surface area contributed by atoms with E-state index in [1.807, 2.05) is 30.3 Å². The molecule has 0 radical (unpaired) electrons. The van der Waals surface area contributed by atoms with Crippen molar-refractivity contribution in [3.8, 4) is 11.5 Å². The van der Waals surface area contributed by atoms with Crippen LogP contribution < -0.4 is 15.2 Å². The van der Waals surface area contributed by atoms with Crippen LogP contribution >= 0.6 is 27.7 Å². The van der Waals surface area contributed by atoms with Crippen LogP contribution in [0.5, 0.6) is 11.5 Å². The normalized spacial score (nSPS) is 14.8. The highest BCUT2D eigenvalue weighted by Crippen LogP contribution is 2.33. The summed E-state index contributed by atoms with van der Waals surface area (Å²) < 4.78 is 12.1. The minimum atomic E-state index is -0.0729. The fraction of sp³-hybridized carbons (Fsp3) is 0.267. The molecule has 110 valence electrons. The van der Waals surface area contributed by atoms with E-state index >= 15 is 0 Å². The fourth-order valence-electron chi connectivity index (χ4n) is 2.01. The zero-order valence-corrected chi connectivity index (χ0v) is 13.7. The molecule has 1 aromatic carbocycles. The van der Waals surface area contributed by atoms with Crippen LogP contribution in [0.3, 0.4) is 0 Å². The summed E-state index contributed by atoms with van der Waals surface area (Å²) in [5.74, 6) is 2.33. The van der Waals surface area contributed by atoms with Gasteiger partial charge in [-0.25, -0.2) is 4.98 Å². The largest absolute Gasteiger partial charge is 0.486 e. The van der Waals surface area contributed by atoms with Gasteiger partial charge in [0.2, 0.25) is 0 Å². The van der Waals surface area contributed by atoms with E-state index in [0.29, 0.717) is 13.2 Å². The molecule has 1 atom stereocenters. The van der Waals surface area contributed by atoms with Crippen molar-refractivity contribution in [1.29, 1.82) is 0 Å². The quantitative estimate of drug-likeness (QED) is 0.840. The van der Waals surface area contributed by atoms with Gasteiger partial charge in [0.05, 0.1) is 5.03 Å². The molecule has 0 saturated carbocycles. The predicted octanol–water partition coefficient (Wildman–Crippen LogP) is 3.41. The SMILES string of the molecule is NC(CSc1ccc(Br)cn1)c1ccc2c(c1)OCCO2. The zero-order valence-electron chi connectivity index (χ0n) is 11.3. The molecule has 0 saturated heterocycles. The van der Waals surface area contributed by atoms with Crippen LogP contribution in [-0.4, -0.2) is 24.0 Å². The smallest absolute Gasteiger partial charge is 0.161 e. The van der Waals surface area contributed by atoms with Gasteiger partial charge in [-0.15, -0.1) is 11.8 Å². The van der Waals surface area contributed by atoms with E-state index in [0.717, 1.165) is 32.3 Å². The topological polar surface area (TPSA) is 57.4 Å². The van der Waals surface area contributed by atoms with Gasteiger partial charge in [-0.1, -0.05) is 6.07 Å². The maximum Gasteiger partial charge on any atom is 0.161 e. The third-order valence-electron chi connectivity index (χ3n) is 3.11. The second kappa shape index (κ2) is 6.68. The average molecular weight is 367 g/mol.